The van der Waals surface area contributed by atoms with Crippen LogP contribution in [0.3, 0.4) is 0 Å². The molecule has 1 saturated carbocycles. The Bertz CT molecular complexity index is 1230. The minimum absolute atomic E-state index is 0.00850. The molecule has 32 heavy (non-hydrogen) atoms. The number of ketones is 1. The van der Waals surface area contributed by atoms with E-state index in [1.807, 2.05) is 6.07 Å². The lowest BCUT2D eigenvalue weighted by Crippen LogP contribution is -2.51. The third kappa shape index (κ3) is 2.60. The van der Waals surface area contributed by atoms with E-state index in [1.54, 1.807) is 48.5 Å². The number of esters is 1. The molecule has 4 atom stereocenters. The van der Waals surface area contributed by atoms with Crippen LogP contribution >= 0.6 is 23.2 Å². The van der Waals surface area contributed by atoms with Gasteiger partial charge in [0.05, 0.1) is 18.1 Å². The molecule has 2 aromatic carbocycles. The molecule has 1 aliphatic carbocycles. The fourth-order valence-corrected chi connectivity index (χ4v) is 5.27. The van der Waals surface area contributed by atoms with Gasteiger partial charge in [-0.3, -0.25) is 14.6 Å². The van der Waals surface area contributed by atoms with Crippen LogP contribution in [0, 0.1) is 5.92 Å². The zero-order chi connectivity index (χ0) is 22.7. The molecular weight excluding hydrogens is 453 g/mol. The average Bonchev–Trinajstić information content (AvgIpc) is 3.17. The van der Waals surface area contributed by atoms with E-state index in [4.69, 9.17) is 32.7 Å². The van der Waals surface area contributed by atoms with Crippen LogP contribution in [0.25, 0.3) is 0 Å². The van der Waals surface area contributed by atoms with Gasteiger partial charge >= 0.3 is 5.97 Å². The number of carbonyl (C=O) groups excluding carboxylic acids is 2. The highest BCUT2D eigenvalue weighted by Gasteiger charge is 2.78. The highest BCUT2D eigenvalue weighted by molar-refractivity contribution is 6.31. The van der Waals surface area contributed by atoms with E-state index in [-0.39, 0.29) is 16.5 Å². The number of hydrogen-bond acceptors (Lipinski definition) is 6. The summed E-state index contributed by atoms with van der Waals surface area (Å²) in [4.78, 5) is 31.0. The smallest absolute Gasteiger partial charge is 0.317 e. The molecule has 1 aromatic heterocycles. The van der Waals surface area contributed by atoms with Gasteiger partial charge in [0.25, 0.3) is 0 Å². The van der Waals surface area contributed by atoms with E-state index in [2.05, 4.69) is 4.98 Å². The van der Waals surface area contributed by atoms with Gasteiger partial charge in [-0.15, -0.1) is 0 Å². The maximum atomic E-state index is 13.9. The Kier molecular flexibility index (Phi) is 4.78. The Morgan fingerprint density at radius 3 is 2.44 bits per heavy atom. The second kappa shape index (κ2) is 7.30. The van der Waals surface area contributed by atoms with E-state index < -0.39 is 34.8 Å². The van der Waals surface area contributed by atoms with Crippen molar-refractivity contribution in [1.82, 2.24) is 4.98 Å². The van der Waals surface area contributed by atoms with Crippen LogP contribution in [0.4, 0.5) is 0 Å². The lowest BCUT2D eigenvalue weighted by Gasteiger charge is -2.39. The van der Waals surface area contributed by atoms with Crippen LogP contribution in [-0.2, 0) is 25.5 Å². The van der Waals surface area contributed by atoms with Crippen LogP contribution in [0.15, 0.2) is 66.9 Å². The molecule has 0 saturated heterocycles. The van der Waals surface area contributed by atoms with Crippen molar-refractivity contribution in [3.63, 3.8) is 0 Å². The Hall–Kier alpha value is -2.93. The molecule has 3 aromatic rings. The summed E-state index contributed by atoms with van der Waals surface area (Å²) in [5.41, 5.74) is -2.86. The number of nitrogens with zero attached hydrogens (tertiary/aromatic N) is 1. The highest BCUT2D eigenvalue weighted by atomic mass is 35.5. The predicted molar refractivity (Wildman–Crippen MR) is 117 cm³/mol. The summed E-state index contributed by atoms with van der Waals surface area (Å²) in [5, 5.41) is 12.9. The van der Waals surface area contributed by atoms with Crippen molar-refractivity contribution in [3.05, 3.63) is 93.7 Å². The summed E-state index contributed by atoms with van der Waals surface area (Å²) in [7, 11) is 1.21. The Labute approximate surface area is 193 Å². The summed E-state index contributed by atoms with van der Waals surface area (Å²) >= 11 is 12.2. The van der Waals surface area contributed by atoms with Gasteiger partial charge in [0.1, 0.15) is 17.4 Å². The third-order valence-electron chi connectivity index (χ3n) is 6.27. The van der Waals surface area contributed by atoms with Gasteiger partial charge in [0.15, 0.2) is 11.4 Å². The first-order chi connectivity index (χ1) is 15.3. The second-order valence-corrected chi connectivity index (χ2v) is 8.68. The van der Waals surface area contributed by atoms with Crippen LogP contribution in [0.1, 0.15) is 22.7 Å². The number of rotatable bonds is 3. The molecule has 5 rings (SSSR count). The number of methoxy groups -OCH3 is 1. The summed E-state index contributed by atoms with van der Waals surface area (Å²) in [6.45, 7) is 0. The van der Waals surface area contributed by atoms with Crippen molar-refractivity contribution in [2.24, 2.45) is 5.92 Å². The third-order valence-corrected chi connectivity index (χ3v) is 6.73. The quantitative estimate of drug-likeness (QED) is 0.460. The number of ether oxygens (including phenoxy) is 2. The number of fused-ring (bicyclic) bond motifs is 3. The van der Waals surface area contributed by atoms with Crippen molar-refractivity contribution >= 4 is 35.0 Å². The van der Waals surface area contributed by atoms with E-state index in [9.17, 15) is 14.7 Å². The normalized spacial score (nSPS) is 28.1. The molecule has 1 fully saturated rings. The molecule has 0 bridgehead atoms. The molecule has 0 amide bonds. The fourth-order valence-electron chi connectivity index (χ4n) is 5.00. The number of carbonyl (C=O) groups is 2. The Balaban J connectivity index is 1.88. The zero-order valence-electron chi connectivity index (χ0n) is 16.8. The molecule has 1 N–H and O–H groups in total. The number of halogens is 2. The average molecular weight is 470 g/mol. The first kappa shape index (κ1) is 20.9. The fraction of sp³-hybridized carbons (Fsp3) is 0.208. The van der Waals surface area contributed by atoms with Gasteiger partial charge in [-0.05, 0) is 23.3 Å². The molecule has 162 valence electrons. The van der Waals surface area contributed by atoms with E-state index in [1.165, 1.54) is 19.4 Å². The predicted octanol–water partition coefficient (Wildman–Crippen LogP) is 4.02. The standard InChI is InChI=1S/C24H17Cl2NO5/c1-31-22(29)18-19(13-5-3-2-4-6-13)24(14-7-9-15(25)10-8-14)23(30,21(18)28)20-17(32-24)11-16(26)12-27-20/h2-12,18-19,30H,1H3/t18-,19-,23+,24+/m1/s1. The van der Waals surface area contributed by atoms with Gasteiger partial charge in [0.2, 0.25) is 5.60 Å². The van der Waals surface area contributed by atoms with Crippen LogP contribution < -0.4 is 4.74 Å². The van der Waals surface area contributed by atoms with Crippen LogP contribution in [-0.4, -0.2) is 29.0 Å². The van der Waals surface area contributed by atoms with Crippen molar-refractivity contribution in [1.29, 1.82) is 0 Å². The van der Waals surface area contributed by atoms with Gasteiger partial charge < -0.3 is 14.6 Å². The lowest BCUT2D eigenvalue weighted by molar-refractivity contribution is -0.155. The number of aliphatic hydroxyl groups is 1. The minimum atomic E-state index is -2.26. The first-order valence-corrected chi connectivity index (χ1v) is 10.6. The van der Waals surface area contributed by atoms with Crippen molar-refractivity contribution in [2.45, 2.75) is 17.1 Å². The minimum Gasteiger partial charge on any atom is -0.476 e. The van der Waals surface area contributed by atoms with Gasteiger partial charge in [-0.2, -0.15) is 0 Å². The monoisotopic (exact) mass is 469 g/mol. The summed E-state index contributed by atoms with van der Waals surface area (Å²) in [5.74, 6) is -3.58. The van der Waals surface area contributed by atoms with Crippen LogP contribution in [0.5, 0.6) is 5.75 Å². The molecule has 6 nitrogen and oxygen atoms in total. The van der Waals surface area contributed by atoms with E-state index in [0.29, 0.717) is 16.1 Å². The lowest BCUT2D eigenvalue weighted by atomic mass is 9.71. The largest absolute Gasteiger partial charge is 0.476 e. The summed E-state index contributed by atoms with van der Waals surface area (Å²) in [6, 6.07) is 17.1. The second-order valence-electron chi connectivity index (χ2n) is 7.81. The molecule has 8 heteroatoms. The summed E-state index contributed by atoms with van der Waals surface area (Å²) in [6.07, 6.45) is 1.33. The van der Waals surface area contributed by atoms with Crippen molar-refractivity contribution in [3.8, 4) is 5.75 Å². The maximum Gasteiger partial charge on any atom is 0.317 e. The van der Waals surface area contributed by atoms with Crippen molar-refractivity contribution < 1.29 is 24.2 Å². The SMILES string of the molecule is COC(=O)[C@H]1C(=O)[C@@]2(O)c3ncc(Cl)cc3O[C@@]2(c2ccc(Cl)cc2)[C@@H]1c1ccccc1. The molecule has 0 spiro atoms. The topological polar surface area (TPSA) is 85.7 Å². The molecule has 2 heterocycles. The van der Waals surface area contributed by atoms with E-state index in [0.717, 1.165) is 0 Å². The number of aromatic nitrogens is 1. The van der Waals surface area contributed by atoms with Gasteiger partial charge in [-0.1, -0.05) is 65.7 Å². The Morgan fingerprint density at radius 2 is 1.78 bits per heavy atom. The summed E-state index contributed by atoms with van der Waals surface area (Å²) < 4.78 is 11.4. The van der Waals surface area contributed by atoms with E-state index >= 15 is 0 Å². The van der Waals surface area contributed by atoms with Crippen LogP contribution in [0.2, 0.25) is 10.0 Å². The van der Waals surface area contributed by atoms with Crippen molar-refractivity contribution in [2.75, 3.05) is 7.11 Å². The molecular formula is C24H17Cl2NO5. The highest BCUT2D eigenvalue weighted by Crippen LogP contribution is 2.66. The number of Topliss-reactive ketones (excluding diaryl/α,β-unsaturated/α-hetero) is 1. The van der Waals surface area contributed by atoms with Gasteiger partial charge in [0, 0.05) is 17.3 Å². The molecule has 2 aliphatic rings. The number of hydrogen-bond donors (Lipinski definition) is 1. The Morgan fingerprint density at radius 1 is 1.09 bits per heavy atom. The maximum absolute atomic E-state index is 13.9. The zero-order valence-corrected chi connectivity index (χ0v) is 18.3. The van der Waals surface area contributed by atoms with Gasteiger partial charge in [-0.25, -0.2) is 0 Å². The number of pyridine rings is 1. The number of benzene rings is 2. The molecule has 0 radical (unpaired) electrons. The molecule has 0 unspecified atom stereocenters. The molecule has 1 aliphatic heterocycles. The first-order valence-electron chi connectivity index (χ1n) is 9.85.